The van der Waals surface area contributed by atoms with Gasteiger partial charge in [0, 0.05) is 31.6 Å². The fourth-order valence-corrected chi connectivity index (χ4v) is 3.26. The van der Waals surface area contributed by atoms with Crippen LogP contribution in [0.4, 0.5) is 0 Å². The second-order valence-corrected chi connectivity index (χ2v) is 5.78. The zero-order valence-corrected chi connectivity index (χ0v) is 11.2. The van der Waals surface area contributed by atoms with Gasteiger partial charge < -0.3 is 15.3 Å². The molecule has 2 fully saturated rings. The summed E-state index contributed by atoms with van der Waals surface area (Å²) < 4.78 is 0. The van der Waals surface area contributed by atoms with Crippen molar-refractivity contribution in [2.24, 2.45) is 5.92 Å². The zero-order chi connectivity index (χ0) is 13.4. The van der Waals surface area contributed by atoms with Crippen molar-refractivity contribution >= 4 is 5.97 Å². The summed E-state index contributed by atoms with van der Waals surface area (Å²) in [4.78, 5) is 13.4. The van der Waals surface area contributed by atoms with E-state index in [1.807, 2.05) is 0 Å². The summed E-state index contributed by atoms with van der Waals surface area (Å²) in [6.45, 7) is 2.79. The molecule has 2 saturated heterocycles. The molecule has 0 bridgehead atoms. The van der Waals surface area contributed by atoms with E-state index in [0.29, 0.717) is 18.9 Å². The maximum Gasteiger partial charge on any atom is 0.307 e. The quantitative estimate of drug-likeness (QED) is 0.863. The number of likely N-dealkylation sites (tertiary alicyclic amines) is 1. The molecule has 0 radical (unpaired) electrons. The number of carboxylic acids is 1. The van der Waals surface area contributed by atoms with E-state index in [1.54, 1.807) is 0 Å². The molecule has 3 rings (SSSR count). The third-order valence-corrected chi connectivity index (χ3v) is 4.36. The van der Waals surface area contributed by atoms with Crippen LogP contribution in [0.3, 0.4) is 0 Å². The number of nitrogens with zero attached hydrogens (tertiary/aromatic N) is 1. The Morgan fingerprint density at radius 2 is 2.00 bits per heavy atom. The lowest BCUT2D eigenvalue weighted by molar-refractivity contribution is -0.141. The van der Waals surface area contributed by atoms with Gasteiger partial charge in [0.05, 0.1) is 5.92 Å². The highest BCUT2D eigenvalue weighted by Crippen LogP contribution is 2.35. The number of carboxylic acid groups (broad SMARTS) is 1. The van der Waals surface area contributed by atoms with Crippen LogP contribution in [0.15, 0.2) is 24.3 Å². The number of likely N-dealkylation sites (N-methyl/N-ethyl adjacent to an activating group) is 1. The Morgan fingerprint density at radius 1 is 1.32 bits per heavy atom. The molecule has 2 aliphatic rings. The Kier molecular flexibility index (Phi) is 3.29. The van der Waals surface area contributed by atoms with Gasteiger partial charge in [-0.25, -0.2) is 0 Å². The zero-order valence-electron chi connectivity index (χ0n) is 11.2. The number of aliphatic carboxylic acids is 1. The maximum atomic E-state index is 11.1. The van der Waals surface area contributed by atoms with Crippen LogP contribution >= 0.6 is 0 Å². The number of hydrogen-bond donors (Lipinski definition) is 2. The van der Waals surface area contributed by atoms with Gasteiger partial charge in [-0.05, 0) is 24.6 Å². The van der Waals surface area contributed by atoms with E-state index >= 15 is 0 Å². The first kappa shape index (κ1) is 12.6. The normalized spacial score (nSPS) is 28.3. The van der Waals surface area contributed by atoms with Crippen LogP contribution in [0, 0.1) is 5.92 Å². The van der Waals surface area contributed by atoms with Crippen LogP contribution in [0.5, 0.6) is 0 Å². The van der Waals surface area contributed by atoms with Crippen molar-refractivity contribution in [3.05, 3.63) is 35.4 Å². The van der Waals surface area contributed by atoms with Crippen molar-refractivity contribution in [3.63, 3.8) is 0 Å². The summed E-state index contributed by atoms with van der Waals surface area (Å²) in [5, 5.41) is 12.5. The highest BCUT2D eigenvalue weighted by molar-refractivity contribution is 5.70. The minimum absolute atomic E-state index is 0.197. The van der Waals surface area contributed by atoms with E-state index in [0.717, 1.165) is 13.1 Å². The predicted molar refractivity (Wildman–Crippen MR) is 73.2 cm³/mol. The highest BCUT2D eigenvalue weighted by atomic mass is 16.4. The second-order valence-electron chi connectivity index (χ2n) is 5.78. The summed E-state index contributed by atoms with van der Waals surface area (Å²) in [6, 6.07) is 8.68. The van der Waals surface area contributed by atoms with E-state index in [-0.39, 0.29) is 12.0 Å². The van der Waals surface area contributed by atoms with Crippen LogP contribution in [-0.4, -0.2) is 42.7 Å². The monoisotopic (exact) mass is 260 g/mol. The number of rotatable bonds is 3. The lowest BCUT2D eigenvalue weighted by atomic mass is 9.85. The van der Waals surface area contributed by atoms with Crippen LogP contribution in [0.25, 0.3) is 0 Å². The van der Waals surface area contributed by atoms with E-state index in [2.05, 4.69) is 41.5 Å². The van der Waals surface area contributed by atoms with Gasteiger partial charge in [0.15, 0.2) is 0 Å². The minimum Gasteiger partial charge on any atom is -0.481 e. The van der Waals surface area contributed by atoms with Crippen LogP contribution in [0.2, 0.25) is 0 Å². The molecule has 19 heavy (non-hydrogen) atoms. The lowest BCUT2D eigenvalue weighted by Gasteiger charge is -2.38. The van der Waals surface area contributed by atoms with Gasteiger partial charge >= 0.3 is 5.97 Å². The maximum absolute atomic E-state index is 11.1. The van der Waals surface area contributed by atoms with Crippen LogP contribution in [-0.2, 0) is 4.79 Å². The van der Waals surface area contributed by atoms with Gasteiger partial charge in [-0.3, -0.25) is 4.79 Å². The van der Waals surface area contributed by atoms with Gasteiger partial charge in [-0.2, -0.15) is 0 Å². The first-order chi connectivity index (χ1) is 9.15. The molecule has 0 aliphatic carbocycles. The Labute approximate surface area is 113 Å². The van der Waals surface area contributed by atoms with Crippen molar-refractivity contribution in [2.75, 3.05) is 26.7 Å². The molecular formula is C15H20N2O2. The smallest absolute Gasteiger partial charge is 0.307 e. The molecule has 0 aromatic heterocycles. The summed E-state index contributed by atoms with van der Waals surface area (Å²) >= 11 is 0. The average molecular weight is 260 g/mol. The Balaban J connectivity index is 1.79. The topological polar surface area (TPSA) is 52.6 Å². The number of benzene rings is 1. The standard InChI is InChI=1S/C15H20N2O2/c1-17-8-11(9-17)12-4-2-3-5-13(12)14-6-10(7-16-14)15(18)19/h2-5,10-11,14,16H,6-9H2,1H3,(H,18,19). The molecular weight excluding hydrogens is 240 g/mol. The van der Waals surface area contributed by atoms with E-state index in [1.165, 1.54) is 11.1 Å². The molecule has 4 heteroatoms. The SMILES string of the molecule is CN1CC(c2ccccc2C2CC(C(=O)O)CN2)C1. The molecule has 1 aromatic rings. The van der Waals surface area contributed by atoms with Crippen LogP contribution < -0.4 is 5.32 Å². The van der Waals surface area contributed by atoms with E-state index < -0.39 is 5.97 Å². The predicted octanol–water partition coefficient (Wildman–Crippen LogP) is 1.45. The van der Waals surface area contributed by atoms with E-state index in [4.69, 9.17) is 5.11 Å². The second kappa shape index (κ2) is 4.94. The average Bonchev–Trinajstić information content (AvgIpc) is 2.85. The summed E-state index contributed by atoms with van der Waals surface area (Å²) in [7, 11) is 2.13. The molecule has 2 aliphatic heterocycles. The van der Waals surface area contributed by atoms with Crippen molar-refractivity contribution in [1.29, 1.82) is 0 Å². The van der Waals surface area contributed by atoms with Gasteiger partial charge in [-0.1, -0.05) is 24.3 Å². The molecule has 4 nitrogen and oxygen atoms in total. The third kappa shape index (κ3) is 2.38. The summed E-state index contributed by atoms with van der Waals surface area (Å²) in [5.74, 6) is -0.329. The molecule has 1 aromatic carbocycles. The first-order valence-electron chi connectivity index (χ1n) is 6.88. The number of nitrogens with one attached hydrogen (secondary N) is 1. The lowest BCUT2D eigenvalue weighted by Crippen LogP contribution is -2.42. The molecule has 2 atom stereocenters. The third-order valence-electron chi connectivity index (χ3n) is 4.36. The molecule has 0 amide bonds. The minimum atomic E-state index is -0.684. The molecule has 0 spiro atoms. The highest BCUT2D eigenvalue weighted by Gasteiger charge is 2.34. The largest absolute Gasteiger partial charge is 0.481 e. The van der Waals surface area contributed by atoms with Gasteiger partial charge in [0.1, 0.15) is 0 Å². The Bertz CT molecular complexity index is 483. The molecule has 102 valence electrons. The number of hydrogen-bond acceptors (Lipinski definition) is 3. The summed E-state index contributed by atoms with van der Waals surface area (Å²) in [5.41, 5.74) is 2.69. The molecule has 0 saturated carbocycles. The fraction of sp³-hybridized carbons (Fsp3) is 0.533. The van der Waals surface area contributed by atoms with Crippen LogP contribution in [0.1, 0.15) is 29.5 Å². The van der Waals surface area contributed by atoms with Crippen molar-refractivity contribution in [1.82, 2.24) is 10.2 Å². The van der Waals surface area contributed by atoms with Gasteiger partial charge in [0.25, 0.3) is 0 Å². The van der Waals surface area contributed by atoms with Crippen molar-refractivity contribution in [3.8, 4) is 0 Å². The molecule has 2 unspecified atom stereocenters. The fourth-order valence-electron chi connectivity index (χ4n) is 3.26. The van der Waals surface area contributed by atoms with Crippen molar-refractivity contribution in [2.45, 2.75) is 18.4 Å². The Morgan fingerprint density at radius 3 is 2.58 bits per heavy atom. The van der Waals surface area contributed by atoms with Crippen molar-refractivity contribution < 1.29 is 9.90 Å². The Hall–Kier alpha value is -1.39. The molecule has 2 N–H and O–H groups in total. The van der Waals surface area contributed by atoms with Gasteiger partial charge in [0.2, 0.25) is 0 Å². The summed E-state index contributed by atoms with van der Waals surface area (Å²) in [6.07, 6.45) is 0.703. The number of carbonyl (C=O) groups is 1. The van der Waals surface area contributed by atoms with E-state index in [9.17, 15) is 4.79 Å². The molecule has 2 heterocycles. The van der Waals surface area contributed by atoms with Gasteiger partial charge in [-0.15, -0.1) is 0 Å². The first-order valence-corrected chi connectivity index (χ1v) is 6.88.